The van der Waals surface area contributed by atoms with E-state index in [2.05, 4.69) is 5.32 Å². The van der Waals surface area contributed by atoms with E-state index in [1.54, 1.807) is 0 Å². The summed E-state index contributed by atoms with van der Waals surface area (Å²) in [6, 6.07) is -1.64. The fourth-order valence-electron chi connectivity index (χ4n) is 0.769. The molecule has 0 aromatic heterocycles. The molecule has 2 N–H and O–H groups in total. The fourth-order valence-corrected chi connectivity index (χ4v) is 0.769. The van der Waals surface area contributed by atoms with Gasteiger partial charge in [0.15, 0.2) is 0 Å². The molecular formula is C5H5N2O4-. The maximum Gasteiger partial charge on any atom is 0.322 e. The molecule has 0 aromatic carbocycles. The first kappa shape index (κ1) is 7.52. The third kappa shape index (κ3) is 1.66. The zero-order valence-corrected chi connectivity index (χ0v) is 5.42. The molecule has 0 saturated carbocycles. The van der Waals surface area contributed by atoms with Gasteiger partial charge in [-0.15, -0.1) is 0 Å². The Labute approximate surface area is 61.6 Å². The minimum Gasteiger partial charge on any atom is -0.550 e. The van der Waals surface area contributed by atoms with E-state index in [1.165, 1.54) is 0 Å². The van der Waals surface area contributed by atoms with E-state index in [9.17, 15) is 19.5 Å². The van der Waals surface area contributed by atoms with Crippen LogP contribution >= 0.6 is 0 Å². The van der Waals surface area contributed by atoms with Crippen molar-refractivity contribution >= 4 is 17.9 Å². The van der Waals surface area contributed by atoms with Crippen LogP contribution in [-0.2, 0) is 9.59 Å². The number of amides is 3. The van der Waals surface area contributed by atoms with Gasteiger partial charge in [0.2, 0.25) is 0 Å². The monoisotopic (exact) mass is 157 g/mol. The molecule has 0 aliphatic carbocycles. The normalized spacial score (nSPS) is 22.7. The van der Waals surface area contributed by atoms with Gasteiger partial charge in [-0.1, -0.05) is 0 Å². The van der Waals surface area contributed by atoms with Crippen molar-refractivity contribution in [3.8, 4) is 0 Å². The predicted octanol–water partition coefficient (Wildman–Crippen LogP) is -2.67. The van der Waals surface area contributed by atoms with Crippen LogP contribution in [0.25, 0.3) is 0 Å². The van der Waals surface area contributed by atoms with Gasteiger partial charge >= 0.3 is 6.03 Å². The van der Waals surface area contributed by atoms with Crippen LogP contribution in [-0.4, -0.2) is 23.9 Å². The Morgan fingerprint density at radius 1 is 1.55 bits per heavy atom. The molecule has 0 bridgehead atoms. The molecule has 60 valence electrons. The molecule has 1 heterocycles. The number of carboxylic acid groups (broad SMARTS) is 1. The van der Waals surface area contributed by atoms with E-state index >= 15 is 0 Å². The summed E-state index contributed by atoms with van der Waals surface area (Å²) >= 11 is 0. The molecule has 1 rings (SSSR count). The highest BCUT2D eigenvalue weighted by Gasteiger charge is 2.28. The van der Waals surface area contributed by atoms with Crippen molar-refractivity contribution in [2.24, 2.45) is 0 Å². The van der Waals surface area contributed by atoms with Crippen LogP contribution in [0, 0.1) is 0 Å². The summed E-state index contributed by atoms with van der Waals surface area (Å²) in [5.41, 5.74) is 0. The van der Waals surface area contributed by atoms with Gasteiger partial charge in [0.25, 0.3) is 5.91 Å². The molecule has 6 nitrogen and oxygen atoms in total. The summed E-state index contributed by atoms with van der Waals surface area (Å²) in [7, 11) is 0. The van der Waals surface area contributed by atoms with Crippen molar-refractivity contribution in [2.45, 2.75) is 12.5 Å². The Morgan fingerprint density at radius 2 is 2.18 bits per heavy atom. The molecule has 6 heteroatoms. The van der Waals surface area contributed by atoms with E-state index in [0.717, 1.165) is 0 Å². The average molecular weight is 157 g/mol. The Morgan fingerprint density at radius 3 is 2.55 bits per heavy atom. The van der Waals surface area contributed by atoms with Crippen LogP contribution in [0.3, 0.4) is 0 Å². The highest BCUT2D eigenvalue weighted by molar-refractivity contribution is 6.05. The van der Waals surface area contributed by atoms with Gasteiger partial charge in [-0.25, -0.2) is 4.79 Å². The van der Waals surface area contributed by atoms with Crippen molar-refractivity contribution in [2.75, 3.05) is 0 Å². The van der Waals surface area contributed by atoms with Gasteiger partial charge in [-0.05, 0) is 0 Å². The second-order valence-electron chi connectivity index (χ2n) is 2.09. The summed E-state index contributed by atoms with van der Waals surface area (Å²) in [6.45, 7) is 0. The van der Waals surface area contributed by atoms with E-state index in [0.29, 0.717) is 0 Å². The topological polar surface area (TPSA) is 98.3 Å². The van der Waals surface area contributed by atoms with Gasteiger partial charge in [0.1, 0.15) is 6.04 Å². The molecule has 11 heavy (non-hydrogen) atoms. The number of imide groups is 1. The van der Waals surface area contributed by atoms with Gasteiger partial charge in [-0.2, -0.15) is 0 Å². The minimum absolute atomic E-state index is 0.489. The SMILES string of the molecule is O=C([O-])CC1NC(=O)NC1=O. The number of urea groups is 1. The molecule has 1 atom stereocenters. The molecule has 1 saturated heterocycles. The molecule has 1 aliphatic rings. The minimum atomic E-state index is -1.37. The Balaban J connectivity index is 2.53. The smallest absolute Gasteiger partial charge is 0.322 e. The predicted molar refractivity (Wildman–Crippen MR) is 30.1 cm³/mol. The number of aliphatic carboxylic acids is 1. The summed E-state index contributed by atoms with van der Waals surface area (Å²) < 4.78 is 0. The van der Waals surface area contributed by atoms with Crippen LogP contribution in [0.5, 0.6) is 0 Å². The fraction of sp³-hybridized carbons (Fsp3) is 0.400. The van der Waals surface area contributed by atoms with Gasteiger partial charge in [-0.3, -0.25) is 10.1 Å². The van der Waals surface area contributed by atoms with Gasteiger partial charge < -0.3 is 15.2 Å². The maximum atomic E-state index is 10.6. The molecule has 0 spiro atoms. The van der Waals surface area contributed by atoms with Crippen molar-refractivity contribution in [1.82, 2.24) is 10.6 Å². The van der Waals surface area contributed by atoms with Crippen molar-refractivity contribution in [3.05, 3.63) is 0 Å². The van der Waals surface area contributed by atoms with Crippen molar-refractivity contribution < 1.29 is 19.5 Å². The summed E-state index contributed by atoms with van der Waals surface area (Å²) in [5.74, 6) is -1.99. The van der Waals surface area contributed by atoms with Gasteiger partial charge in [0.05, 0.1) is 0 Å². The van der Waals surface area contributed by atoms with E-state index in [-0.39, 0.29) is 0 Å². The lowest BCUT2D eigenvalue weighted by Crippen LogP contribution is -2.36. The lowest BCUT2D eigenvalue weighted by Gasteiger charge is -2.05. The second kappa shape index (κ2) is 2.57. The molecule has 1 unspecified atom stereocenters. The lowest BCUT2D eigenvalue weighted by molar-refractivity contribution is -0.306. The number of rotatable bonds is 2. The van der Waals surface area contributed by atoms with E-state index in [1.807, 2.05) is 5.32 Å². The Kier molecular flexibility index (Phi) is 1.75. The van der Waals surface area contributed by atoms with Crippen LogP contribution in [0.15, 0.2) is 0 Å². The summed E-state index contributed by atoms with van der Waals surface area (Å²) in [4.78, 5) is 31.0. The van der Waals surface area contributed by atoms with Crippen molar-refractivity contribution in [3.63, 3.8) is 0 Å². The number of hydrogen-bond donors (Lipinski definition) is 2. The van der Waals surface area contributed by atoms with Crippen LogP contribution < -0.4 is 15.7 Å². The highest BCUT2D eigenvalue weighted by atomic mass is 16.4. The lowest BCUT2D eigenvalue weighted by atomic mass is 10.2. The zero-order valence-electron chi connectivity index (χ0n) is 5.42. The Hall–Kier alpha value is -1.59. The van der Waals surface area contributed by atoms with E-state index in [4.69, 9.17) is 0 Å². The number of nitrogens with one attached hydrogen (secondary N) is 2. The molecule has 0 radical (unpaired) electrons. The second-order valence-corrected chi connectivity index (χ2v) is 2.09. The number of carbonyl (C=O) groups is 3. The molecular weight excluding hydrogens is 152 g/mol. The summed E-state index contributed by atoms with van der Waals surface area (Å²) in [5, 5.41) is 14.0. The maximum absolute atomic E-state index is 10.6. The van der Waals surface area contributed by atoms with Crippen LogP contribution in [0.1, 0.15) is 6.42 Å². The van der Waals surface area contributed by atoms with Crippen LogP contribution in [0.2, 0.25) is 0 Å². The van der Waals surface area contributed by atoms with Crippen molar-refractivity contribution in [1.29, 1.82) is 0 Å². The average Bonchev–Trinajstić information content (AvgIpc) is 2.09. The quantitative estimate of drug-likeness (QED) is 0.427. The number of hydrogen-bond acceptors (Lipinski definition) is 4. The largest absolute Gasteiger partial charge is 0.550 e. The molecule has 1 fully saturated rings. The number of carbonyl (C=O) groups excluding carboxylic acids is 3. The molecule has 3 amide bonds. The first-order valence-corrected chi connectivity index (χ1v) is 2.91. The third-order valence-electron chi connectivity index (χ3n) is 1.23. The molecule has 1 aliphatic heterocycles. The first-order valence-electron chi connectivity index (χ1n) is 2.91. The number of carboxylic acids is 1. The third-order valence-corrected chi connectivity index (χ3v) is 1.23. The van der Waals surface area contributed by atoms with Gasteiger partial charge in [0, 0.05) is 12.4 Å². The Bertz CT molecular complexity index is 225. The summed E-state index contributed by atoms with van der Waals surface area (Å²) in [6.07, 6.45) is -0.489. The molecule has 0 aromatic rings. The standard InChI is InChI=1S/C5H6N2O4/c8-3(9)1-2-4(10)7-5(11)6-2/h2H,1H2,(H,8,9)(H2,6,7,10,11)/p-1. The highest BCUT2D eigenvalue weighted by Crippen LogP contribution is 1.96. The first-order chi connectivity index (χ1) is 5.09. The van der Waals surface area contributed by atoms with Crippen LogP contribution in [0.4, 0.5) is 4.79 Å². The zero-order chi connectivity index (χ0) is 8.43. The van der Waals surface area contributed by atoms with E-state index < -0.39 is 30.4 Å².